The lowest BCUT2D eigenvalue weighted by Crippen LogP contribution is -2.15. The van der Waals surface area contributed by atoms with E-state index >= 15 is 0 Å². The minimum Gasteiger partial charge on any atom is -0.386 e. The predicted molar refractivity (Wildman–Crippen MR) is 63.0 cm³/mol. The molecule has 1 aromatic heterocycles. The van der Waals surface area contributed by atoms with E-state index in [2.05, 4.69) is 5.10 Å². The maximum absolute atomic E-state index is 9.92. The molecule has 3 heteroatoms. The van der Waals surface area contributed by atoms with Gasteiger partial charge in [-0.1, -0.05) is 24.3 Å². The van der Waals surface area contributed by atoms with Gasteiger partial charge in [-0.25, -0.2) is 0 Å². The van der Waals surface area contributed by atoms with Gasteiger partial charge in [-0.05, 0) is 31.0 Å². The van der Waals surface area contributed by atoms with Gasteiger partial charge in [0.05, 0.1) is 12.1 Å². The highest BCUT2D eigenvalue weighted by Gasteiger charge is 2.15. The van der Waals surface area contributed by atoms with Gasteiger partial charge in [0.1, 0.15) is 0 Å². The topological polar surface area (TPSA) is 38.0 Å². The fraction of sp³-hybridized carbons (Fsp3) is 0.308. The first-order valence-electron chi connectivity index (χ1n) is 5.35. The molecule has 0 radical (unpaired) electrons. The molecule has 0 spiro atoms. The van der Waals surface area contributed by atoms with Gasteiger partial charge in [-0.15, -0.1) is 0 Å². The Kier molecular flexibility index (Phi) is 2.79. The number of aliphatic hydroxyl groups is 1. The Balaban J connectivity index is 2.23. The molecule has 1 aromatic carbocycles. The van der Waals surface area contributed by atoms with Gasteiger partial charge in [0.15, 0.2) is 0 Å². The monoisotopic (exact) mass is 216 g/mol. The summed E-state index contributed by atoms with van der Waals surface area (Å²) in [6.45, 7) is 4.32. The van der Waals surface area contributed by atoms with Crippen LogP contribution in [-0.4, -0.2) is 14.9 Å². The molecule has 0 saturated carbocycles. The van der Waals surface area contributed by atoms with Gasteiger partial charge in [-0.2, -0.15) is 5.10 Å². The van der Waals surface area contributed by atoms with Crippen molar-refractivity contribution in [1.29, 1.82) is 0 Å². The molecular weight excluding hydrogens is 200 g/mol. The van der Waals surface area contributed by atoms with Gasteiger partial charge >= 0.3 is 0 Å². The molecule has 0 saturated heterocycles. The molecule has 1 heterocycles. The van der Waals surface area contributed by atoms with E-state index in [9.17, 15) is 5.11 Å². The molecule has 0 amide bonds. The van der Waals surface area contributed by atoms with Crippen LogP contribution in [0, 0.1) is 0 Å². The van der Waals surface area contributed by atoms with Crippen LogP contribution in [0.1, 0.15) is 25.0 Å². The normalized spacial score (nSPS) is 11.7. The van der Waals surface area contributed by atoms with Gasteiger partial charge in [0.25, 0.3) is 0 Å². The summed E-state index contributed by atoms with van der Waals surface area (Å²) in [5, 5.41) is 14.1. The lowest BCUT2D eigenvalue weighted by molar-refractivity contribution is 0.0785. The van der Waals surface area contributed by atoms with Crippen LogP contribution in [-0.2, 0) is 12.1 Å². The van der Waals surface area contributed by atoms with Crippen LogP contribution in [0.15, 0.2) is 42.7 Å². The zero-order valence-corrected chi connectivity index (χ0v) is 9.59. The van der Waals surface area contributed by atoms with E-state index in [1.807, 2.05) is 41.2 Å². The summed E-state index contributed by atoms with van der Waals surface area (Å²) < 4.78 is 1.86. The molecule has 3 nitrogen and oxygen atoms in total. The molecule has 0 bridgehead atoms. The highest BCUT2D eigenvalue weighted by atomic mass is 16.3. The van der Waals surface area contributed by atoms with E-state index < -0.39 is 5.60 Å². The second-order valence-corrected chi connectivity index (χ2v) is 4.46. The third-order valence-corrected chi connectivity index (χ3v) is 2.54. The van der Waals surface area contributed by atoms with Crippen molar-refractivity contribution < 1.29 is 5.11 Å². The summed E-state index contributed by atoms with van der Waals surface area (Å²) in [5.74, 6) is 0. The first-order valence-corrected chi connectivity index (χ1v) is 5.35. The lowest BCUT2D eigenvalue weighted by atomic mass is 9.97. The lowest BCUT2D eigenvalue weighted by Gasteiger charge is -2.18. The summed E-state index contributed by atoms with van der Waals surface area (Å²) in [7, 11) is 0. The van der Waals surface area contributed by atoms with Gasteiger partial charge < -0.3 is 5.11 Å². The molecule has 2 aromatic rings. The van der Waals surface area contributed by atoms with Crippen molar-refractivity contribution in [3.63, 3.8) is 0 Å². The molecule has 16 heavy (non-hydrogen) atoms. The Morgan fingerprint density at radius 3 is 2.75 bits per heavy atom. The minimum absolute atomic E-state index is 0.733. The fourth-order valence-electron chi connectivity index (χ4n) is 1.63. The van der Waals surface area contributed by atoms with E-state index in [1.165, 1.54) is 0 Å². The third-order valence-electron chi connectivity index (χ3n) is 2.54. The van der Waals surface area contributed by atoms with Crippen LogP contribution in [0.3, 0.4) is 0 Å². The van der Waals surface area contributed by atoms with Crippen LogP contribution < -0.4 is 0 Å². The first-order chi connectivity index (χ1) is 7.55. The maximum Gasteiger partial charge on any atom is 0.0840 e. The van der Waals surface area contributed by atoms with E-state index in [4.69, 9.17) is 0 Å². The SMILES string of the molecule is CC(C)(O)c1cccc(Cn2cccn2)c1. The first kappa shape index (κ1) is 10.9. The van der Waals surface area contributed by atoms with Gasteiger partial charge in [0, 0.05) is 12.4 Å². The van der Waals surface area contributed by atoms with Crippen molar-refractivity contribution in [2.75, 3.05) is 0 Å². The average Bonchev–Trinajstić information content (AvgIpc) is 2.70. The van der Waals surface area contributed by atoms with Crippen molar-refractivity contribution >= 4 is 0 Å². The zero-order chi connectivity index (χ0) is 11.6. The predicted octanol–water partition coefficient (Wildman–Crippen LogP) is 2.16. The summed E-state index contributed by atoms with van der Waals surface area (Å²) in [4.78, 5) is 0. The Labute approximate surface area is 95.3 Å². The number of hydrogen-bond donors (Lipinski definition) is 1. The molecule has 2 rings (SSSR count). The number of aromatic nitrogens is 2. The average molecular weight is 216 g/mol. The second kappa shape index (κ2) is 4.10. The Hall–Kier alpha value is -1.61. The molecule has 0 fully saturated rings. The van der Waals surface area contributed by atoms with Crippen LogP contribution in [0.5, 0.6) is 0 Å². The van der Waals surface area contributed by atoms with E-state index in [-0.39, 0.29) is 0 Å². The summed E-state index contributed by atoms with van der Waals surface area (Å²) in [6.07, 6.45) is 3.69. The largest absolute Gasteiger partial charge is 0.386 e. The van der Waals surface area contributed by atoms with Gasteiger partial charge in [0.2, 0.25) is 0 Å². The number of benzene rings is 1. The molecule has 0 atom stereocenters. The van der Waals surface area contributed by atoms with Crippen LogP contribution >= 0.6 is 0 Å². The van der Waals surface area contributed by atoms with Crippen molar-refractivity contribution in [3.8, 4) is 0 Å². The van der Waals surface area contributed by atoms with Crippen molar-refractivity contribution in [2.45, 2.75) is 26.0 Å². The highest BCUT2D eigenvalue weighted by molar-refractivity contribution is 5.27. The molecule has 0 aliphatic heterocycles. The molecule has 0 aliphatic carbocycles. The molecular formula is C13H16N2O. The maximum atomic E-state index is 9.92. The Bertz CT molecular complexity index is 455. The molecule has 0 unspecified atom stereocenters. The molecule has 1 N–H and O–H groups in total. The van der Waals surface area contributed by atoms with Crippen molar-refractivity contribution in [2.24, 2.45) is 0 Å². The summed E-state index contributed by atoms with van der Waals surface area (Å²) in [5.41, 5.74) is 1.28. The Morgan fingerprint density at radius 2 is 2.12 bits per heavy atom. The fourth-order valence-corrected chi connectivity index (χ4v) is 1.63. The highest BCUT2D eigenvalue weighted by Crippen LogP contribution is 2.20. The smallest absolute Gasteiger partial charge is 0.0840 e. The quantitative estimate of drug-likeness (QED) is 0.853. The Morgan fingerprint density at radius 1 is 1.31 bits per heavy atom. The molecule has 0 aliphatic rings. The van der Waals surface area contributed by atoms with E-state index in [0.717, 1.165) is 17.7 Å². The minimum atomic E-state index is -0.792. The van der Waals surface area contributed by atoms with Crippen LogP contribution in [0.2, 0.25) is 0 Å². The summed E-state index contributed by atoms with van der Waals surface area (Å²) in [6, 6.07) is 9.86. The molecule has 84 valence electrons. The van der Waals surface area contributed by atoms with Crippen LogP contribution in [0.4, 0.5) is 0 Å². The third kappa shape index (κ3) is 2.49. The number of rotatable bonds is 3. The zero-order valence-electron chi connectivity index (χ0n) is 9.59. The van der Waals surface area contributed by atoms with Crippen LogP contribution in [0.25, 0.3) is 0 Å². The standard InChI is InChI=1S/C13H16N2O/c1-13(2,16)12-6-3-5-11(9-12)10-15-8-4-7-14-15/h3-9,16H,10H2,1-2H3. The van der Waals surface area contributed by atoms with E-state index in [1.54, 1.807) is 20.0 Å². The summed E-state index contributed by atoms with van der Waals surface area (Å²) >= 11 is 0. The second-order valence-electron chi connectivity index (χ2n) is 4.46. The van der Waals surface area contributed by atoms with E-state index in [0.29, 0.717) is 0 Å². The van der Waals surface area contributed by atoms with Crippen molar-refractivity contribution in [3.05, 3.63) is 53.9 Å². The number of nitrogens with zero attached hydrogens (tertiary/aromatic N) is 2. The number of hydrogen-bond acceptors (Lipinski definition) is 2. The van der Waals surface area contributed by atoms with Crippen molar-refractivity contribution in [1.82, 2.24) is 9.78 Å². The van der Waals surface area contributed by atoms with Gasteiger partial charge in [-0.3, -0.25) is 4.68 Å².